The maximum atomic E-state index is 13.2. The fourth-order valence-electron chi connectivity index (χ4n) is 6.58. The first-order valence-electron chi connectivity index (χ1n) is 23.6. The van der Waals surface area contributed by atoms with Crippen LogP contribution in [-0.2, 0) is 14.3 Å². The molecular weight excluding hydrogens is 719 g/mol. The summed E-state index contributed by atoms with van der Waals surface area (Å²) in [5.74, 6) is -0.593. The molecule has 0 saturated heterocycles. The Hall–Kier alpha value is -3.22. The Morgan fingerprint density at radius 2 is 0.931 bits per heavy atom. The van der Waals surface area contributed by atoms with Gasteiger partial charge in [-0.05, 0) is 57.8 Å². The van der Waals surface area contributed by atoms with E-state index >= 15 is 0 Å². The summed E-state index contributed by atoms with van der Waals surface area (Å²) in [5, 5.41) is 23.7. The van der Waals surface area contributed by atoms with Crippen LogP contribution >= 0.6 is 0 Å². The van der Waals surface area contributed by atoms with Gasteiger partial charge in [0, 0.05) is 6.42 Å². The summed E-state index contributed by atoms with van der Waals surface area (Å²) >= 11 is 0. The normalized spacial score (nSPS) is 14.2. The van der Waals surface area contributed by atoms with E-state index < -0.39 is 18.2 Å². The molecule has 6 nitrogen and oxygen atoms in total. The molecule has 0 aromatic rings. The van der Waals surface area contributed by atoms with Crippen molar-refractivity contribution in [1.29, 1.82) is 0 Å². The molecular formula is C52H87NO5. The third kappa shape index (κ3) is 39.6. The van der Waals surface area contributed by atoms with E-state index in [-0.39, 0.29) is 31.3 Å². The number of ether oxygens (including phenoxy) is 1. The van der Waals surface area contributed by atoms with Crippen molar-refractivity contribution in [2.24, 2.45) is 0 Å². The smallest absolute Gasteiger partial charge is 0.306 e. The topological polar surface area (TPSA) is 95.9 Å². The highest BCUT2D eigenvalue weighted by Gasteiger charge is 2.24. The highest BCUT2D eigenvalue weighted by molar-refractivity contribution is 5.77. The van der Waals surface area contributed by atoms with Gasteiger partial charge in [0.05, 0.1) is 25.2 Å². The molecule has 0 aliphatic heterocycles. The number of amides is 1. The van der Waals surface area contributed by atoms with Gasteiger partial charge in [-0.2, -0.15) is 0 Å². The lowest BCUT2D eigenvalue weighted by atomic mass is 10.0. The molecule has 0 aliphatic carbocycles. The molecule has 0 aromatic carbocycles. The SMILES string of the molecule is CC/C=C/C=C/C=C\C=C/C=C/CCCC(=O)OC(CCCCCCC/C=C/C=C/C=C/CC)CC(=O)NC(CO)C(O)CCCCCCCCCCCCCCC. The van der Waals surface area contributed by atoms with Gasteiger partial charge >= 0.3 is 5.97 Å². The van der Waals surface area contributed by atoms with E-state index in [0.717, 1.165) is 77.0 Å². The minimum Gasteiger partial charge on any atom is -0.462 e. The molecule has 58 heavy (non-hydrogen) atoms. The van der Waals surface area contributed by atoms with E-state index in [9.17, 15) is 19.8 Å². The van der Waals surface area contributed by atoms with Crippen LogP contribution in [-0.4, -0.2) is 46.9 Å². The summed E-state index contributed by atoms with van der Waals surface area (Å²) in [4.78, 5) is 26.0. The zero-order valence-electron chi connectivity index (χ0n) is 37.4. The number of unbranched alkanes of at least 4 members (excludes halogenated alkanes) is 18. The van der Waals surface area contributed by atoms with Crippen molar-refractivity contribution < 1.29 is 24.5 Å². The van der Waals surface area contributed by atoms with Crippen molar-refractivity contribution in [2.75, 3.05) is 6.61 Å². The minimum absolute atomic E-state index is 0.0295. The molecule has 0 spiro atoms. The molecule has 0 fully saturated rings. The van der Waals surface area contributed by atoms with Crippen LogP contribution in [0.4, 0.5) is 0 Å². The molecule has 3 unspecified atom stereocenters. The molecule has 0 aliphatic rings. The van der Waals surface area contributed by atoms with E-state index in [0.29, 0.717) is 19.3 Å². The number of rotatable bonds is 40. The number of hydrogen-bond donors (Lipinski definition) is 3. The first-order valence-corrected chi connectivity index (χ1v) is 23.6. The van der Waals surface area contributed by atoms with Gasteiger partial charge in [-0.3, -0.25) is 9.59 Å². The zero-order valence-corrected chi connectivity index (χ0v) is 37.4. The number of carbonyl (C=O) groups excluding carboxylic acids is 2. The number of esters is 1. The predicted molar refractivity (Wildman–Crippen MR) is 250 cm³/mol. The van der Waals surface area contributed by atoms with Crippen molar-refractivity contribution in [1.82, 2.24) is 5.32 Å². The Morgan fingerprint density at radius 3 is 1.41 bits per heavy atom. The van der Waals surface area contributed by atoms with Gasteiger partial charge in [0.25, 0.3) is 0 Å². The van der Waals surface area contributed by atoms with E-state index in [4.69, 9.17) is 4.74 Å². The van der Waals surface area contributed by atoms with Crippen LogP contribution in [0.1, 0.15) is 194 Å². The van der Waals surface area contributed by atoms with E-state index in [2.05, 4.69) is 68.6 Å². The summed E-state index contributed by atoms with van der Waals surface area (Å²) in [7, 11) is 0. The summed E-state index contributed by atoms with van der Waals surface area (Å²) in [5.41, 5.74) is 0. The van der Waals surface area contributed by atoms with Gasteiger partial charge < -0.3 is 20.3 Å². The number of nitrogens with one attached hydrogen (secondary N) is 1. The van der Waals surface area contributed by atoms with Gasteiger partial charge in [-0.15, -0.1) is 0 Å². The summed E-state index contributed by atoms with van der Waals surface area (Å²) < 4.78 is 5.86. The maximum Gasteiger partial charge on any atom is 0.306 e. The van der Waals surface area contributed by atoms with E-state index in [1.165, 1.54) is 64.2 Å². The molecule has 0 aromatic heterocycles. The van der Waals surface area contributed by atoms with Crippen molar-refractivity contribution >= 4 is 11.9 Å². The average molecular weight is 806 g/mol. The standard InChI is InChI=1S/C52H87NO5/c1-4-7-10-13-16-19-22-25-28-31-34-37-40-43-48(58-52(57)45-42-39-36-33-30-27-24-21-18-15-12-9-6-3)46-51(56)53-49(47-54)50(55)44-41-38-35-32-29-26-23-20-17-14-11-8-5-2/h7,9-10,12-13,15-16,18-19,21-22,24,27,30,33,36,48-50,54-55H,4-6,8,11,14,17,20,23,25-26,28-29,31-32,34-35,37-47H2,1-3H3,(H,53,56)/b10-7+,12-9+,16-13+,18-15+,22-19+,24-21-,30-27-,36-33+. The lowest BCUT2D eigenvalue weighted by Crippen LogP contribution is -2.46. The summed E-state index contributed by atoms with van der Waals surface area (Å²) in [6.07, 6.45) is 59.0. The second-order valence-corrected chi connectivity index (χ2v) is 15.6. The van der Waals surface area contributed by atoms with Crippen molar-refractivity contribution in [3.63, 3.8) is 0 Å². The Kier molecular flexibility index (Phi) is 42.4. The van der Waals surface area contributed by atoms with Crippen molar-refractivity contribution in [2.45, 2.75) is 212 Å². The molecule has 0 radical (unpaired) electrons. The molecule has 3 atom stereocenters. The predicted octanol–water partition coefficient (Wildman–Crippen LogP) is 13.8. The lowest BCUT2D eigenvalue weighted by Gasteiger charge is -2.24. The molecule has 0 bridgehead atoms. The van der Waals surface area contributed by atoms with E-state index in [1.54, 1.807) is 0 Å². The Bertz CT molecular complexity index is 1180. The molecule has 6 heteroatoms. The number of allylic oxidation sites excluding steroid dienone is 16. The molecule has 1 amide bonds. The van der Waals surface area contributed by atoms with Gasteiger partial charge in [0.15, 0.2) is 0 Å². The molecule has 0 rings (SSSR count). The number of hydrogen-bond acceptors (Lipinski definition) is 5. The van der Waals surface area contributed by atoms with Gasteiger partial charge in [-0.25, -0.2) is 0 Å². The summed E-state index contributed by atoms with van der Waals surface area (Å²) in [6, 6.07) is -0.728. The summed E-state index contributed by atoms with van der Waals surface area (Å²) in [6.45, 7) is 6.16. The molecule has 3 N–H and O–H groups in total. The number of aliphatic hydroxyl groups is 2. The minimum atomic E-state index is -0.810. The monoisotopic (exact) mass is 806 g/mol. The van der Waals surface area contributed by atoms with Crippen LogP contribution in [0.25, 0.3) is 0 Å². The second kappa shape index (κ2) is 44.9. The highest BCUT2D eigenvalue weighted by Crippen LogP contribution is 2.17. The fourth-order valence-corrected chi connectivity index (χ4v) is 6.58. The first-order chi connectivity index (χ1) is 28.5. The third-order valence-electron chi connectivity index (χ3n) is 10.1. The molecule has 0 saturated carbocycles. The number of carbonyl (C=O) groups is 2. The molecule has 330 valence electrons. The lowest BCUT2D eigenvalue weighted by molar-refractivity contribution is -0.151. The van der Waals surface area contributed by atoms with Crippen molar-refractivity contribution in [3.05, 3.63) is 97.2 Å². The van der Waals surface area contributed by atoms with Gasteiger partial charge in [0.2, 0.25) is 5.91 Å². The largest absolute Gasteiger partial charge is 0.462 e. The highest BCUT2D eigenvalue weighted by atomic mass is 16.5. The zero-order chi connectivity index (χ0) is 42.4. The Balaban J connectivity index is 4.75. The maximum absolute atomic E-state index is 13.2. The van der Waals surface area contributed by atoms with Gasteiger partial charge in [0.1, 0.15) is 6.10 Å². The average Bonchev–Trinajstić information content (AvgIpc) is 3.22. The Labute approximate surface area is 356 Å². The van der Waals surface area contributed by atoms with Crippen LogP contribution in [0.3, 0.4) is 0 Å². The van der Waals surface area contributed by atoms with Crippen LogP contribution in [0.15, 0.2) is 97.2 Å². The van der Waals surface area contributed by atoms with Crippen LogP contribution in [0.5, 0.6) is 0 Å². The third-order valence-corrected chi connectivity index (χ3v) is 10.1. The van der Waals surface area contributed by atoms with Crippen LogP contribution in [0, 0.1) is 0 Å². The quantitative estimate of drug-likeness (QED) is 0.0326. The molecule has 0 heterocycles. The Morgan fingerprint density at radius 1 is 0.517 bits per heavy atom. The first kappa shape index (κ1) is 54.8. The second-order valence-electron chi connectivity index (χ2n) is 15.6. The van der Waals surface area contributed by atoms with Gasteiger partial charge in [-0.1, -0.05) is 221 Å². The number of aliphatic hydroxyl groups excluding tert-OH is 2. The van der Waals surface area contributed by atoms with E-state index in [1.807, 2.05) is 54.7 Å². The van der Waals surface area contributed by atoms with Crippen LogP contribution in [0.2, 0.25) is 0 Å². The van der Waals surface area contributed by atoms with Crippen molar-refractivity contribution in [3.8, 4) is 0 Å². The van der Waals surface area contributed by atoms with Crippen LogP contribution < -0.4 is 5.32 Å². The fraction of sp³-hybridized carbons (Fsp3) is 0.654.